The number of carbonyl (C=O) groups is 1. The van der Waals surface area contributed by atoms with E-state index in [1.54, 1.807) is 6.92 Å². The van der Waals surface area contributed by atoms with Gasteiger partial charge in [0.05, 0.1) is 5.88 Å². The molecule has 1 aromatic rings. The van der Waals surface area contributed by atoms with E-state index < -0.39 is 0 Å². The zero-order valence-electron chi connectivity index (χ0n) is 5.30. The fraction of sp³-hybridized carbons (Fsp3) is 0.400. The van der Waals surface area contributed by atoms with Crippen molar-refractivity contribution in [2.75, 3.05) is 5.88 Å². The van der Waals surface area contributed by atoms with Crippen LogP contribution >= 0.6 is 11.6 Å². The van der Waals surface area contributed by atoms with Crippen molar-refractivity contribution in [3.63, 3.8) is 0 Å². The minimum absolute atomic E-state index is 0.0882. The Kier molecular flexibility index (Phi) is 2.01. The van der Waals surface area contributed by atoms with Crippen LogP contribution in [0.5, 0.6) is 0 Å². The Labute approximate surface area is 62.1 Å². The molecule has 0 amide bonds. The predicted octanol–water partition coefficient (Wildman–Crippen LogP) is 0.800. The lowest BCUT2D eigenvalue weighted by atomic mass is 10.3. The number of carbonyl (C=O) groups excluding carboxylic acids is 1. The standard InChI is InChI=1S/C5H5ClN2O2/c1-3-5(4(9)2-6)8-10-7-3/h2H2,1H3. The van der Waals surface area contributed by atoms with E-state index in [0.29, 0.717) is 5.69 Å². The summed E-state index contributed by atoms with van der Waals surface area (Å²) in [6.45, 7) is 1.64. The van der Waals surface area contributed by atoms with Crippen molar-refractivity contribution >= 4 is 17.4 Å². The van der Waals surface area contributed by atoms with Crippen LogP contribution in [0, 0.1) is 6.92 Å². The van der Waals surface area contributed by atoms with E-state index in [1.807, 2.05) is 0 Å². The molecule has 1 rings (SSSR count). The van der Waals surface area contributed by atoms with Crippen LogP contribution in [0.2, 0.25) is 0 Å². The first-order valence-corrected chi connectivity index (χ1v) is 3.17. The van der Waals surface area contributed by atoms with E-state index in [2.05, 4.69) is 14.9 Å². The van der Waals surface area contributed by atoms with Crippen LogP contribution in [0.15, 0.2) is 4.63 Å². The van der Waals surface area contributed by atoms with E-state index in [1.165, 1.54) is 0 Å². The van der Waals surface area contributed by atoms with Gasteiger partial charge in [-0.05, 0) is 12.1 Å². The molecule has 4 nitrogen and oxygen atoms in total. The molecule has 0 bridgehead atoms. The molecule has 0 saturated heterocycles. The van der Waals surface area contributed by atoms with Crippen LogP contribution in [0.25, 0.3) is 0 Å². The van der Waals surface area contributed by atoms with Gasteiger partial charge < -0.3 is 0 Å². The average molecular weight is 161 g/mol. The van der Waals surface area contributed by atoms with Gasteiger partial charge in [-0.1, -0.05) is 5.16 Å². The Bertz CT molecular complexity index is 246. The van der Waals surface area contributed by atoms with Crippen molar-refractivity contribution in [2.45, 2.75) is 6.92 Å². The summed E-state index contributed by atoms with van der Waals surface area (Å²) in [5.41, 5.74) is 0.695. The highest BCUT2D eigenvalue weighted by molar-refractivity contribution is 6.30. The van der Waals surface area contributed by atoms with Crippen LogP contribution in [-0.2, 0) is 0 Å². The van der Waals surface area contributed by atoms with Crippen molar-refractivity contribution in [2.24, 2.45) is 0 Å². The molecule has 0 aliphatic rings. The topological polar surface area (TPSA) is 56.0 Å². The number of ketones is 1. The molecule has 0 aliphatic heterocycles. The van der Waals surface area contributed by atoms with Gasteiger partial charge >= 0.3 is 0 Å². The summed E-state index contributed by atoms with van der Waals surface area (Å²) in [5.74, 6) is -0.352. The highest BCUT2D eigenvalue weighted by Gasteiger charge is 2.12. The summed E-state index contributed by atoms with van der Waals surface area (Å²) < 4.78 is 4.29. The molecule has 0 N–H and O–H groups in total. The predicted molar refractivity (Wildman–Crippen MR) is 34.1 cm³/mol. The van der Waals surface area contributed by atoms with Crippen molar-refractivity contribution in [1.29, 1.82) is 0 Å². The minimum Gasteiger partial charge on any atom is -0.291 e. The number of Topliss-reactive ketones (excluding diaryl/α,β-unsaturated/α-hetero) is 1. The zero-order chi connectivity index (χ0) is 7.56. The van der Waals surface area contributed by atoms with Gasteiger partial charge in [0.2, 0.25) is 5.78 Å². The highest BCUT2D eigenvalue weighted by Crippen LogP contribution is 2.01. The molecule has 1 aromatic heterocycles. The quantitative estimate of drug-likeness (QED) is 0.474. The number of rotatable bonds is 2. The Hall–Kier alpha value is -0.900. The SMILES string of the molecule is Cc1nonc1C(=O)CCl. The minimum atomic E-state index is -0.264. The normalized spacial score (nSPS) is 9.80. The summed E-state index contributed by atoms with van der Waals surface area (Å²) in [5, 5.41) is 6.79. The van der Waals surface area contributed by atoms with Crippen LogP contribution in [0.3, 0.4) is 0 Å². The van der Waals surface area contributed by atoms with E-state index in [4.69, 9.17) is 11.6 Å². The maximum absolute atomic E-state index is 10.8. The number of nitrogens with zero attached hydrogens (tertiary/aromatic N) is 2. The zero-order valence-corrected chi connectivity index (χ0v) is 6.05. The fourth-order valence-electron chi connectivity index (χ4n) is 0.548. The third-order valence-corrected chi connectivity index (χ3v) is 1.28. The van der Waals surface area contributed by atoms with E-state index in [9.17, 15) is 4.79 Å². The van der Waals surface area contributed by atoms with Crippen LogP contribution in [-0.4, -0.2) is 22.0 Å². The lowest BCUT2D eigenvalue weighted by molar-refractivity contribution is 0.101. The Morgan fingerprint density at radius 1 is 1.70 bits per heavy atom. The second-order valence-electron chi connectivity index (χ2n) is 1.76. The monoisotopic (exact) mass is 160 g/mol. The molecule has 54 valence electrons. The van der Waals surface area contributed by atoms with E-state index in [0.717, 1.165) is 0 Å². The van der Waals surface area contributed by atoms with Crippen molar-refractivity contribution in [3.05, 3.63) is 11.4 Å². The van der Waals surface area contributed by atoms with E-state index >= 15 is 0 Å². The maximum atomic E-state index is 10.8. The van der Waals surface area contributed by atoms with Crippen molar-refractivity contribution in [3.8, 4) is 0 Å². The van der Waals surface area contributed by atoms with Gasteiger partial charge in [0.15, 0.2) is 5.69 Å². The molecule has 10 heavy (non-hydrogen) atoms. The number of aryl methyl sites for hydroxylation is 1. The summed E-state index contributed by atoms with van der Waals surface area (Å²) in [7, 11) is 0. The van der Waals surface area contributed by atoms with Gasteiger partial charge in [0.1, 0.15) is 5.69 Å². The number of aromatic nitrogens is 2. The summed E-state index contributed by atoms with van der Waals surface area (Å²) in [6, 6.07) is 0. The number of alkyl halides is 1. The smallest absolute Gasteiger partial charge is 0.201 e. The lowest BCUT2D eigenvalue weighted by Gasteiger charge is -1.85. The van der Waals surface area contributed by atoms with Crippen LogP contribution in [0.1, 0.15) is 16.2 Å². The van der Waals surface area contributed by atoms with Gasteiger partial charge in [-0.15, -0.1) is 11.6 Å². The highest BCUT2D eigenvalue weighted by atomic mass is 35.5. The Morgan fingerprint density at radius 3 is 2.80 bits per heavy atom. The maximum Gasteiger partial charge on any atom is 0.201 e. The van der Waals surface area contributed by atoms with Gasteiger partial charge in [0.25, 0.3) is 0 Å². The molecular formula is C5H5ClN2O2. The van der Waals surface area contributed by atoms with E-state index in [-0.39, 0.29) is 17.4 Å². The molecule has 0 aromatic carbocycles. The molecule has 0 aliphatic carbocycles. The Morgan fingerprint density at radius 2 is 2.40 bits per heavy atom. The fourth-order valence-corrected chi connectivity index (χ4v) is 0.674. The van der Waals surface area contributed by atoms with Gasteiger partial charge in [-0.25, -0.2) is 4.63 Å². The largest absolute Gasteiger partial charge is 0.291 e. The van der Waals surface area contributed by atoms with Crippen LogP contribution in [0.4, 0.5) is 0 Å². The second-order valence-corrected chi connectivity index (χ2v) is 2.02. The first-order chi connectivity index (χ1) is 4.75. The van der Waals surface area contributed by atoms with Crippen LogP contribution < -0.4 is 0 Å². The molecule has 0 saturated carbocycles. The Balaban J connectivity index is 2.93. The number of hydrogen-bond acceptors (Lipinski definition) is 4. The number of halogens is 1. The summed E-state index contributed by atoms with van der Waals surface area (Å²) in [4.78, 5) is 10.8. The van der Waals surface area contributed by atoms with Gasteiger partial charge in [-0.3, -0.25) is 4.79 Å². The second kappa shape index (κ2) is 2.79. The molecular weight excluding hydrogens is 156 g/mol. The molecule has 1 heterocycles. The van der Waals surface area contributed by atoms with Crippen molar-refractivity contribution < 1.29 is 9.42 Å². The lowest BCUT2D eigenvalue weighted by Crippen LogP contribution is -2.02. The molecule has 5 heteroatoms. The molecule has 0 fully saturated rings. The van der Waals surface area contributed by atoms with Crippen molar-refractivity contribution in [1.82, 2.24) is 10.3 Å². The first kappa shape index (κ1) is 7.21. The molecule has 0 atom stereocenters. The summed E-state index contributed by atoms with van der Waals surface area (Å²) >= 11 is 5.26. The molecule has 0 unspecified atom stereocenters. The third-order valence-electron chi connectivity index (χ3n) is 1.04. The van der Waals surface area contributed by atoms with Gasteiger partial charge in [-0.2, -0.15) is 0 Å². The molecule has 0 spiro atoms. The average Bonchev–Trinajstić information content (AvgIpc) is 2.34. The summed E-state index contributed by atoms with van der Waals surface area (Å²) in [6.07, 6.45) is 0. The van der Waals surface area contributed by atoms with Gasteiger partial charge in [0, 0.05) is 0 Å². The number of hydrogen-bond donors (Lipinski definition) is 0. The third kappa shape index (κ3) is 1.16. The first-order valence-electron chi connectivity index (χ1n) is 2.64. The molecule has 0 radical (unpaired) electrons.